The Morgan fingerprint density at radius 3 is 2.57 bits per heavy atom. The van der Waals surface area contributed by atoms with Crippen LogP contribution in [0.5, 0.6) is 0 Å². The van der Waals surface area contributed by atoms with Gasteiger partial charge in [-0.3, -0.25) is 0 Å². The van der Waals surface area contributed by atoms with Gasteiger partial charge in [0.2, 0.25) is 0 Å². The van der Waals surface area contributed by atoms with Crippen molar-refractivity contribution in [2.24, 2.45) is 0 Å². The highest BCUT2D eigenvalue weighted by molar-refractivity contribution is 5.32. The van der Waals surface area contributed by atoms with Crippen molar-refractivity contribution in [3.63, 3.8) is 0 Å². The Labute approximate surface area is 84.1 Å². The van der Waals surface area contributed by atoms with Gasteiger partial charge in [-0.05, 0) is 37.0 Å². The maximum absolute atomic E-state index is 8.66. The molecule has 0 spiro atoms. The van der Waals surface area contributed by atoms with Crippen LogP contribution in [0.1, 0.15) is 36.5 Å². The van der Waals surface area contributed by atoms with Crippen LogP contribution in [0.15, 0.2) is 24.3 Å². The summed E-state index contributed by atoms with van der Waals surface area (Å²) in [5.41, 5.74) is 1.91. The lowest BCUT2D eigenvalue weighted by atomic mass is 10.0. The molecular weight excluding hydrogens is 174 g/mol. The van der Waals surface area contributed by atoms with E-state index in [1.807, 2.05) is 24.3 Å². The summed E-state index contributed by atoms with van der Waals surface area (Å²) in [6, 6.07) is 9.81. The molecule has 0 amide bonds. The first-order valence-electron chi connectivity index (χ1n) is 5.02. The van der Waals surface area contributed by atoms with Gasteiger partial charge in [-0.15, -0.1) is 0 Å². The minimum absolute atomic E-state index is 0.247. The van der Waals surface area contributed by atoms with Gasteiger partial charge in [0.05, 0.1) is 17.7 Å². The minimum Gasteiger partial charge on any atom is -0.374 e. The van der Waals surface area contributed by atoms with Crippen molar-refractivity contribution < 1.29 is 4.74 Å². The van der Waals surface area contributed by atoms with Crippen LogP contribution in [0.4, 0.5) is 0 Å². The molecule has 1 aromatic carbocycles. The number of rotatable bonds is 1. The first-order valence-corrected chi connectivity index (χ1v) is 5.02. The van der Waals surface area contributed by atoms with Gasteiger partial charge in [0.15, 0.2) is 0 Å². The summed E-state index contributed by atoms with van der Waals surface area (Å²) in [5.74, 6) is 0. The second kappa shape index (κ2) is 4.26. The predicted octanol–water partition coefficient (Wildman–Crippen LogP) is 2.80. The molecule has 0 radical (unpaired) electrons. The zero-order valence-corrected chi connectivity index (χ0v) is 8.07. The van der Waals surface area contributed by atoms with Gasteiger partial charge in [-0.1, -0.05) is 12.1 Å². The Bertz CT molecular complexity index is 330. The van der Waals surface area contributed by atoms with Crippen molar-refractivity contribution in [3.8, 4) is 6.07 Å². The van der Waals surface area contributed by atoms with Gasteiger partial charge in [-0.25, -0.2) is 0 Å². The van der Waals surface area contributed by atoms with E-state index in [1.165, 1.54) is 18.4 Å². The summed E-state index contributed by atoms with van der Waals surface area (Å²) in [7, 11) is 0. The molecule has 14 heavy (non-hydrogen) atoms. The predicted molar refractivity (Wildman–Crippen MR) is 53.7 cm³/mol. The number of hydrogen-bond donors (Lipinski definition) is 0. The van der Waals surface area contributed by atoms with E-state index in [0.717, 1.165) is 13.0 Å². The van der Waals surface area contributed by atoms with Crippen LogP contribution in [0, 0.1) is 11.3 Å². The Balaban J connectivity index is 2.12. The maximum atomic E-state index is 8.66. The van der Waals surface area contributed by atoms with E-state index in [0.29, 0.717) is 5.56 Å². The Morgan fingerprint density at radius 1 is 1.21 bits per heavy atom. The van der Waals surface area contributed by atoms with E-state index in [4.69, 9.17) is 10.00 Å². The first-order chi connectivity index (χ1) is 6.90. The normalized spacial score (nSPS) is 21.5. The van der Waals surface area contributed by atoms with Gasteiger partial charge in [-0.2, -0.15) is 5.26 Å². The van der Waals surface area contributed by atoms with E-state index < -0.39 is 0 Å². The average Bonchev–Trinajstić information content (AvgIpc) is 2.30. The van der Waals surface area contributed by atoms with Crippen LogP contribution in [-0.4, -0.2) is 6.61 Å². The van der Waals surface area contributed by atoms with E-state index in [1.54, 1.807) is 0 Å². The minimum atomic E-state index is 0.247. The third-order valence-corrected chi connectivity index (χ3v) is 2.59. The lowest BCUT2D eigenvalue weighted by Gasteiger charge is -2.22. The first kappa shape index (κ1) is 9.23. The molecule has 0 aliphatic carbocycles. The molecule has 1 aliphatic heterocycles. The molecule has 0 aromatic heterocycles. The van der Waals surface area contributed by atoms with Crippen molar-refractivity contribution >= 4 is 0 Å². The molecule has 2 rings (SSSR count). The highest BCUT2D eigenvalue weighted by Crippen LogP contribution is 2.27. The smallest absolute Gasteiger partial charge is 0.0991 e. The third kappa shape index (κ3) is 1.94. The molecular formula is C12H13NO. The molecule has 1 saturated heterocycles. The summed E-state index contributed by atoms with van der Waals surface area (Å²) >= 11 is 0. The number of ether oxygens (including phenoxy) is 1. The maximum Gasteiger partial charge on any atom is 0.0991 e. The molecule has 1 aliphatic rings. The Hall–Kier alpha value is -1.33. The third-order valence-electron chi connectivity index (χ3n) is 2.59. The Kier molecular flexibility index (Phi) is 2.81. The summed E-state index contributed by atoms with van der Waals surface area (Å²) in [5, 5.41) is 8.66. The molecule has 2 heteroatoms. The van der Waals surface area contributed by atoms with Gasteiger partial charge in [0, 0.05) is 6.61 Å². The molecule has 0 N–H and O–H groups in total. The summed E-state index contributed by atoms with van der Waals surface area (Å²) in [6.45, 7) is 0.866. The number of nitriles is 1. The van der Waals surface area contributed by atoms with E-state index >= 15 is 0 Å². The average molecular weight is 187 g/mol. The lowest BCUT2D eigenvalue weighted by Crippen LogP contribution is -2.11. The van der Waals surface area contributed by atoms with Gasteiger partial charge < -0.3 is 4.74 Å². The number of hydrogen-bond acceptors (Lipinski definition) is 2. The Morgan fingerprint density at radius 2 is 2.00 bits per heavy atom. The van der Waals surface area contributed by atoms with Crippen molar-refractivity contribution in [2.75, 3.05) is 6.61 Å². The number of benzene rings is 1. The second-order valence-corrected chi connectivity index (χ2v) is 3.59. The van der Waals surface area contributed by atoms with Crippen molar-refractivity contribution in [1.82, 2.24) is 0 Å². The van der Waals surface area contributed by atoms with Crippen LogP contribution in [0.2, 0.25) is 0 Å². The lowest BCUT2D eigenvalue weighted by molar-refractivity contribution is 0.0149. The molecule has 0 bridgehead atoms. The monoisotopic (exact) mass is 187 g/mol. The number of nitrogens with zero attached hydrogens (tertiary/aromatic N) is 1. The standard InChI is InChI=1S/C12H13NO/c13-9-10-4-6-11(7-5-10)12-3-1-2-8-14-12/h4-7,12H,1-3,8H2/t12-/m0/s1. The van der Waals surface area contributed by atoms with Crippen LogP contribution < -0.4 is 0 Å². The molecule has 0 unspecified atom stereocenters. The van der Waals surface area contributed by atoms with Crippen molar-refractivity contribution in [3.05, 3.63) is 35.4 Å². The van der Waals surface area contributed by atoms with E-state index in [9.17, 15) is 0 Å². The van der Waals surface area contributed by atoms with Crippen LogP contribution in [-0.2, 0) is 4.74 Å². The van der Waals surface area contributed by atoms with Crippen molar-refractivity contribution in [2.45, 2.75) is 25.4 Å². The van der Waals surface area contributed by atoms with E-state index in [-0.39, 0.29) is 6.10 Å². The fourth-order valence-electron chi connectivity index (χ4n) is 1.78. The second-order valence-electron chi connectivity index (χ2n) is 3.59. The largest absolute Gasteiger partial charge is 0.374 e. The highest BCUT2D eigenvalue weighted by Gasteiger charge is 2.15. The van der Waals surface area contributed by atoms with Crippen molar-refractivity contribution in [1.29, 1.82) is 5.26 Å². The van der Waals surface area contributed by atoms with Gasteiger partial charge >= 0.3 is 0 Å². The van der Waals surface area contributed by atoms with Crippen LogP contribution >= 0.6 is 0 Å². The zero-order chi connectivity index (χ0) is 9.80. The van der Waals surface area contributed by atoms with Gasteiger partial charge in [0.25, 0.3) is 0 Å². The summed E-state index contributed by atoms with van der Waals surface area (Å²) < 4.78 is 5.65. The molecule has 72 valence electrons. The van der Waals surface area contributed by atoms with Crippen LogP contribution in [0.25, 0.3) is 0 Å². The quantitative estimate of drug-likeness (QED) is 0.677. The zero-order valence-electron chi connectivity index (χ0n) is 8.07. The fourth-order valence-corrected chi connectivity index (χ4v) is 1.78. The molecule has 1 aromatic rings. The fraction of sp³-hybridized carbons (Fsp3) is 0.417. The molecule has 2 nitrogen and oxygen atoms in total. The molecule has 1 atom stereocenters. The van der Waals surface area contributed by atoms with E-state index in [2.05, 4.69) is 6.07 Å². The molecule has 1 heterocycles. The molecule has 1 fully saturated rings. The summed E-state index contributed by atoms with van der Waals surface area (Å²) in [6.07, 6.45) is 3.76. The van der Waals surface area contributed by atoms with Crippen LogP contribution in [0.3, 0.4) is 0 Å². The van der Waals surface area contributed by atoms with Gasteiger partial charge in [0.1, 0.15) is 0 Å². The summed E-state index contributed by atoms with van der Waals surface area (Å²) in [4.78, 5) is 0. The highest BCUT2D eigenvalue weighted by atomic mass is 16.5. The molecule has 0 saturated carbocycles. The SMILES string of the molecule is N#Cc1ccc([C@@H]2CCCCO2)cc1. The topological polar surface area (TPSA) is 33.0 Å².